The first kappa shape index (κ1) is 28.9. The van der Waals surface area contributed by atoms with Gasteiger partial charge in [-0.15, -0.1) is 23.8 Å². The van der Waals surface area contributed by atoms with Crippen molar-refractivity contribution in [2.75, 3.05) is 0 Å². The Bertz CT molecular complexity index is 1090. The van der Waals surface area contributed by atoms with Crippen LogP contribution in [0.25, 0.3) is 23.3 Å². The van der Waals surface area contributed by atoms with Crippen molar-refractivity contribution in [3.8, 4) is 11.1 Å². The van der Waals surface area contributed by atoms with Crippen molar-refractivity contribution >= 4 is 15.4 Å². The van der Waals surface area contributed by atoms with E-state index >= 15 is 0 Å². The number of benzene rings is 3. The molecule has 1 aliphatic carbocycles. The van der Waals surface area contributed by atoms with Gasteiger partial charge < -0.3 is 24.8 Å². The second-order valence-corrected chi connectivity index (χ2v) is 9.12. The number of hydrogen-bond acceptors (Lipinski definition) is 0. The van der Waals surface area contributed by atoms with E-state index in [-0.39, 0.29) is 24.8 Å². The summed E-state index contributed by atoms with van der Waals surface area (Å²) in [6, 6.07) is 34.5. The van der Waals surface area contributed by atoms with Gasteiger partial charge in [-0.1, -0.05) is 42.0 Å². The van der Waals surface area contributed by atoms with Gasteiger partial charge in [-0.25, -0.2) is 12.1 Å². The Morgan fingerprint density at radius 1 is 0.879 bits per heavy atom. The Morgan fingerprint density at radius 2 is 1.52 bits per heavy atom. The van der Waals surface area contributed by atoms with E-state index in [2.05, 4.69) is 74.7 Å². The topological polar surface area (TPSA) is 0 Å². The van der Waals surface area contributed by atoms with E-state index in [4.69, 9.17) is 0 Å². The molecule has 0 nitrogen and oxygen atoms in total. The van der Waals surface area contributed by atoms with Crippen LogP contribution in [0.3, 0.4) is 0 Å². The predicted molar refractivity (Wildman–Crippen MR) is 132 cm³/mol. The van der Waals surface area contributed by atoms with Crippen LogP contribution in [-0.2, 0) is 30.7 Å². The minimum atomic E-state index is 0. The molecule has 0 amide bonds. The fourth-order valence-corrected chi connectivity index (χ4v) is 3.78. The smallest absolute Gasteiger partial charge is 0.172 e. The van der Waals surface area contributed by atoms with Gasteiger partial charge in [0.1, 0.15) is 0 Å². The molecular formula is C30H26Cl2Zr-2. The zero-order valence-electron chi connectivity index (χ0n) is 18.7. The molecule has 0 atom stereocenters. The third kappa shape index (κ3) is 8.27. The minimum Gasteiger partial charge on any atom is -1.00 e. The van der Waals surface area contributed by atoms with Gasteiger partial charge in [0.05, 0.1) is 0 Å². The average Bonchev–Trinajstić information content (AvgIpc) is 3.51. The van der Waals surface area contributed by atoms with Crippen molar-refractivity contribution < 1.29 is 49.0 Å². The Morgan fingerprint density at radius 3 is 2.03 bits per heavy atom. The van der Waals surface area contributed by atoms with Gasteiger partial charge in [-0.2, -0.15) is 42.0 Å². The maximum atomic E-state index is 3.82. The van der Waals surface area contributed by atoms with Gasteiger partial charge in [-0.3, -0.25) is 0 Å². The van der Waals surface area contributed by atoms with E-state index in [1.165, 1.54) is 60.8 Å². The van der Waals surface area contributed by atoms with Crippen LogP contribution in [-0.4, -0.2) is 3.21 Å². The standard InChI is InChI=1S/C17H13.C8H8.C5H5.2ClH.Zr/c1-3-12-5-7-14-11-15-8-6-13(4-2)10-17(15)16(14)9-12;1-2-8-6-4-3-5-7-8;1-2-4-5-3-1;;;/h3-7,9-10H,1-2,11H2;3-7H,1H3;1-5H;2*1H;/q-1;;-1;;;+2/p-2. The van der Waals surface area contributed by atoms with E-state index in [1.807, 2.05) is 54.6 Å². The van der Waals surface area contributed by atoms with Crippen LogP contribution in [0.1, 0.15) is 34.7 Å². The molecule has 1 aliphatic rings. The average molecular weight is 549 g/mol. The third-order valence-electron chi connectivity index (χ3n) is 5.07. The maximum Gasteiger partial charge on any atom is -0.172 e. The molecule has 4 aromatic rings. The molecule has 5 rings (SSSR count). The molecule has 4 aromatic carbocycles. The van der Waals surface area contributed by atoms with Gasteiger partial charge in [0, 0.05) is 0 Å². The van der Waals surface area contributed by atoms with E-state index in [0.717, 1.165) is 12.0 Å². The summed E-state index contributed by atoms with van der Waals surface area (Å²) in [5.41, 5.74) is 8.94. The molecule has 0 bridgehead atoms. The molecule has 0 aliphatic heterocycles. The SMILES string of the molecule is C=Cc1c[c-]c2c(c1)-c1cc(C=C)ccc1C2.C[C](=[Zr+2])c1ccccc1.[Cl-].[Cl-].c1cc[cH-]c1. The molecule has 33 heavy (non-hydrogen) atoms. The van der Waals surface area contributed by atoms with Crippen molar-refractivity contribution in [1.29, 1.82) is 0 Å². The van der Waals surface area contributed by atoms with E-state index in [0.29, 0.717) is 0 Å². The number of hydrogen-bond donors (Lipinski definition) is 0. The van der Waals surface area contributed by atoms with Crippen LogP contribution in [0.2, 0.25) is 0 Å². The van der Waals surface area contributed by atoms with Gasteiger partial charge in [0.15, 0.2) is 0 Å². The largest absolute Gasteiger partial charge is 1.00 e. The summed E-state index contributed by atoms with van der Waals surface area (Å²) in [6.07, 6.45) is 4.74. The van der Waals surface area contributed by atoms with Gasteiger partial charge in [-0.05, 0) is 12.0 Å². The fourth-order valence-electron chi connectivity index (χ4n) is 3.37. The molecule has 0 spiro atoms. The Kier molecular flexibility index (Phi) is 13.0. The second kappa shape index (κ2) is 14.9. The summed E-state index contributed by atoms with van der Waals surface area (Å²) >= 11 is 1.51. The van der Waals surface area contributed by atoms with Gasteiger partial charge >= 0.3 is 70.3 Å². The zero-order chi connectivity index (χ0) is 22.1. The molecule has 0 fully saturated rings. The first-order chi connectivity index (χ1) is 15.1. The summed E-state index contributed by atoms with van der Waals surface area (Å²) in [6.45, 7) is 9.79. The molecule has 0 unspecified atom stereocenters. The second-order valence-electron chi connectivity index (χ2n) is 7.28. The van der Waals surface area contributed by atoms with Crippen LogP contribution >= 0.6 is 0 Å². The molecule has 0 saturated heterocycles. The summed E-state index contributed by atoms with van der Waals surface area (Å²) in [5, 5.41) is 0. The van der Waals surface area contributed by atoms with Gasteiger partial charge in [0.25, 0.3) is 0 Å². The molecule has 0 saturated carbocycles. The van der Waals surface area contributed by atoms with Crippen LogP contribution in [0.5, 0.6) is 0 Å². The quantitative estimate of drug-likeness (QED) is 0.300. The summed E-state index contributed by atoms with van der Waals surface area (Å²) in [4.78, 5) is 0. The van der Waals surface area contributed by atoms with Crippen molar-refractivity contribution in [2.24, 2.45) is 0 Å². The molecule has 0 heterocycles. The number of halogens is 2. The summed E-state index contributed by atoms with van der Waals surface area (Å²) in [7, 11) is 0. The fraction of sp³-hybridized carbons (Fsp3) is 0.0667. The van der Waals surface area contributed by atoms with Crippen LogP contribution in [0.4, 0.5) is 0 Å². The summed E-state index contributed by atoms with van der Waals surface area (Å²) < 4.78 is 1.46. The van der Waals surface area contributed by atoms with Crippen molar-refractivity contribution in [3.63, 3.8) is 0 Å². The normalized spacial score (nSPS) is 9.79. The predicted octanol–water partition coefficient (Wildman–Crippen LogP) is 1.53. The van der Waals surface area contributed by atoms with Crippen molar-refractivity contribution in [1.82, 2.24) is 0 Å². The van der Waals surface area contributed by atoms with E-state index < -0.39 is 0 Å². The van der Waals surface area contributed by atoms with E-state index in [1.54, 1.807) is 0 Å². The van der Waals surface area contributed by atoms with Crippen LogP contribution in [0, 0.1) is 6.07 Å². The van der Waals surface area contributed by atoms with Gasteiger partial charge in [0.2, 0.25) is 0 Å². The van der Waals surface area contributed by atoms with E-state index in [9.17, 15) is 0 Å². The molecular weight excluding hydrogens is 522 g/mol. The number of fused-ring (bicyclic) bond motifs is 3. The zero-order valence-corrected chi connectivity index (χ0v) is 22.7. The molecule has 0 radical (unpaired) electrons. The van der Waals surface area contributed by atoms with Crippen LogP contribution in [0.15, 0.2) is 104 Å². The molecule has 3 heteroatoms. The maximum absolute atomic E-state index is 3.82. The molecule has 0 aromatic heterocycles. The summed E-state index contributed by atoms with van der Waals surface area (Å²) in [5.74, 6) is 0. The van der Waals surface area contributed by atoms with Crippen molar-refractivity contribution in [2.45, 2.75) is 13.3 Å². The molecule has 0 N–H and O–H groups in total. The Balaban J connectivity index is 0.000000287. The van der Waals surface area contributed by atoms with Crippen molar-refractivity contribution in [3.05, 3.63) is 138 Å². The molecule has 166 valence electrons. The monoisotopic (exact) mass is 546 g/mol. The third-order valence-corrected chi connectivity index (χ3v) is 5.78. The first-order valence-electron chi connectivity index (χ1n) is 10.3. The minimum absolute atomic E-state index is 0. The van der Waals surface area contributed by atoms with Crippen LogP contribution < -0.4 is 24.8 Å². The Labute approximate surface area is 225 Å². The Hall–Kier alpha value is -2.18. The first-order valence-corrected chi connectivity index (χ1v) is 11.6. The number of rotatable bonds is 3.